The molecule has 0 N–H and O–H groups in total. The van der Waals surface area contributed by atoms with E-state index in [1.54, 1.807) is 13.0 Å². The highest BCUT2D eigenvalue weighted by Gasteiger charge is 2.33. The van der Waals surface area contributed by atoms with Crippen LogP contribution in [0, 0.1) is 6.92 Å². The molecule has 0 spiro atoms. The Hall–Kier alpha value is -2.21. The first-order valence-corrected chi connectivity index (χ1v) is 9.36. The van der Waals surface area contributed by atoms with Gasteiger partial charge in [-0.1, -0.05) is 25.1 Å². The molecule has 1 atom stereocenters. The highest BCUT2D eigenvalue weighted by atomic mass is 19.4. The van der Waals surface area contributed by atoms with Crippen LogP contribution in [0.2, 0.25) is 0 Å². The molecule has 28 heavy (non-hydrogen) atoms. The Bertz CT molecular complexity index is 894. The van der Waals surface area contributed by atoms with Gasteiger partial charge in [0.25, 0.3) is 0 Å². The zero-order valence-electron chi connectivity index (χ0n) is 17.4. The number of alkyl halides is 3. The van der Waals surface area contributed by atoms with Crippen molar-refractivity contribution < 1.29 is 13.2 Å². The molecule has 1 heterocycles. The first-order chi connectivity index (χ1) is 13.0. The normalized spacial score (nSPS) is 13.9. The first kappa shape index (κ1) is 22.1. The number of fused-ring (bicyclic) bond motifs is 1. The largest absolute Gasteiger partial charge is 0.418 e. The number of allylic oxidation sites excluding steroid dienone is 1. The van der Waals surface area contributed by atoms with E-state index in [1.165, 1.54) is 6.07 Å². The van der Waals surface area contributed by atoms with Crippen LogP contribution >= 0.6 is 0 Å². The summed E-state index contributed by atoms with van der Waals surface area (Å²) in [6.45, 7) is 11.0. The van der Waals surface area contributed by atoms with E-state index in [9.17, 15) is 13.2 Å². The summed E-state index contributed by atoms with van der Waals surface area (Å²) < 4.78 is 40.2. The van der Waals surface area contributed by atoms with Gasteiger partial charge in [0.1, 0.15) is 0 Å². The van der Waals surface area contributed by atoms with Crippen LogP contribution in [0.15, 0.2) is 41.0 Å². The second kappa shape index (κ2) is 8.86. The summed E-state index contributed by atoms with van der Waals surface area (Å²) in [6, 6.07) is 6.17. The van der Waals surface area contributed by atoms with Crippen molar-refractivity contribution in [2.45, 2.75) is 46.7 Å². The van der Waals surface area contributed by atoms with Crippen LogP contribution in [0.25, 0.3) is 10.9 Å². The maximum Gasteiger partial charge on any atom is 0.418 e. The molecule has 0 aliphatic heterocycles. The number of aliphatic imine (C=N–C) groups is 1. The lowest BCUT2D eigenvalue weighted by atomic mass is 9.94. The predicted molar refractivity (Wildman–Crippen MR) is 110 cm³/mol. The molecule has 0 amide bonds. The summed E-state index contributed by atoms with van der Waals surface area (Å²) in [4.78, 5) is 10.9. The molecular weight excluding hydrogens is 363 g/mol. The summed E-state index contributed by atoms with van der Waals surface area (Å²) in [5.74, 6) is 0.0440. The van der Waals surface area contributed by atoms with Gasteiger partial charge in [-0.2, -0.15) is 13.2 Å². The number of rotatable bonds is 6. The van der Waals surface area contributed by atoms with Gasteiger partial charge >= 0.3 is 6.18 Å². The minimum Gasteiger partial charge on any atom is -0.300 e. The molecule has 0 aliphatic carbocycles. The van der Waals surface area contributed by atoms with E-state index in [1.807, 2.05) is 46.9 Å². The third kappa shape index (κ3) is 5.41. The van der Waals surface area contributed by atoms with E-state index in [2.05, 4.69) is 14.9 Å². The van der Waals surface area contributed by atoms with E-state index in [4.69, 9.17) is 0 Å². The number of halogens is 3. The zero-order valence-corrected chi connectivity index (χ0v) is 17.4. The van der Waals surface area contributed by atoms with Crippen molar-refractivity contribution in [1.82, 2.24) is 9.88 Å². The summed E-state index contributed by atoms with van der Waals surface area (Å²) in [5.41, 5.74) is 2.79. The second-order valence-electron chi connectivity index (χ2n) is 7.49. The summed E-state index contributed by atoms with van der Waals surface area (Å²) in [5, 5.41) is 0.565. The molecule has 1 aromatic carbocycles. The summed E-state index contributed by atoms with van der Waals surface area (Å²) in [6.07, 6.45) is -2.44. The van der Waals surface area contributed by atoms with Crippen LogP contribution in [0.4, 0.5) is 13.2 Å². The lowest BCUT2D eigenvalue weighted by Crippen LogP contribution is -2.26. The van der Waals surface area contributed by atoms with E-state index >= 15 is 0 Å². The third-order valence-corrected chi connectivity index (χ3v) is 4.55. The van der Waals surface area contributed by atoms with Gasteiger partial charge in [-0.3, -0.25) is 14.9 Å². The molecule has 0 aliphatic rings. The van der Waals surface area contributed by atoms with Crippen molar-refractivity contribution in [2.24, 2.45) is 4.99 Å². The molecule has 152 valence electrons. The first-order valence-electron chi connectivity index (χ1n) is 9.36. The van der Waals surface area contributed by atoms with Crippen LogP contribution < -0.4 is 0 Å². The van der Waals surface area contributed by atoms with Crippen LogP contribution in [-0.2, 0) is 6.18 Å². The van der Waals surface area contributed by atoms with Crippen molar-refractivity contribution in [3.05, 3.63) is 52.9 Å². The van der Waals surface area contributed by atoms with Gasteiger partial charge in [0, 0.05) is 35.6 Å². The molecule has 0 saturated heterocycles. The van der Waals surface area contributed by atoms with Gasteiger partial charge in [0.2, 0.25) is 0 Å². The zero-order chi connectivity index (χ0) is 21.1. The van der Waals surface area contributed by atoms with Crippen molar-refractivity contribution in [3.63, 3.8) is 0 Å². The molecule has 6 heteroatoms. The minimum atomic E-state index is -4.42. The SMILES string of the molecule is C/C=C(/CN(C)CC(C)c1cc(C)nc2c(C(F)(F)F)cccc12)N=C(C)C. The fourth-order valence-corrected chi connectivity index (χ4v) is 3.43. The maximum atomic E-state index is 13.4. The average molecular weight is 391 g/mol. The van der Waals surface area contributed by atoms with Crippen LogP contribution in [-0.4, -0.2) is 35.7 Å². The van der Waals surface area contributed by atoms with Gasteiger partial charge in [-0.25, -0.2) is 0 Å². The number of hydrogen-bond donors (Lipinski definition) is 0. The number of hydrogen-bond acceptors (Lipinski definition) is 3. The molecule has 0 bridgehead atoms. The Morgan fingerprint density at radius 3 is 2.54 bits per heavy atom. The van der Waals surface area contributed by atoms with Crippen LogP contribution in [0.1, 0.15) is 50.4 Å². The molecule has 2 rings (SSSR count). The topological polar surface area (TPSA) is 28.5 Å². The van der Waals surface area contributed by atoms with E-state index in [0.717, 1.165) is 23.0 Å². The maximum absolute atomic E-state index is 13.4. The van der Waals surface area contributed by atoms with Gasteiger partial charge in [-0.05, 0) is 58.4 Å². The van der Waals surface area contributed by atoms with E-state index in [-0.39, 0.29) is 11.4 Å². The van der Waals surface area contributed by atoms with Gasteiger partial charge in [-0.15, -0.1) is 0 Å². The average Bonchev–Trinajstić information content (AvgIpc) is 2.58. The molecule has 3 nitrogen and oxygen atoms in total. The fourth-order valence-electron chi connectivity index (χ4n) is 3.43. The molecule has 2 aromatic rings. The van der Waals surface area contributed by atoms with Crippen molar-refractivity contribution in [1.29, 1.82) is 0 Å². The minimum absolute atomic E-state index is 0.0276. The third-order valence-electron chi connectivity index (χ3n) is 4.55. The van der Waals surface area contributed by atoms with Gasteiger partial charge < -0.3 is 0 Å². The highest BCUT2D eigenvalue weighted by molar-refractivity contribution is 5.86. The molecule has 0 fully saturated rings. The van der Waals surface area contributed by atoms with E-state index in [0.29, 0.717) is 24.2 Å². The Morgan fingerprint density at radius 1 is 1.29 bits per heavy atom. The van der Waals surface area contributed by atoms with Gasteiger partial charge in [0.15, 0.2) is 0 Å². The Morgan fingerprint density at radius 2 is 1.96 bits per heavy atom. The van der Waals surface area contributed by atoms with Crippen molar-refractivity contribution in [3.8, 4) is 0 Å². The molecule has 0 radical (unpaired) electrons. The Kier molecular flexibility index (Phi) is 6.99. The predicted octanol–water partition coefficient (Wildman–Crippen LogP) is 5.98. The molecule has 1 unspecified atom stereocenters. The van der Waals surface area contributed by atoms with E-state index < -0.39 is 11.7 Å². The Labute approximate surface area is 165 Å². The number of benzene rings is 1. The fraction of sp³-hybridized carbons (Fsp3) is 0.455. The lowest BCUT2D eigenvalue weighted by Gasteiger charge is -2.23. The number of para-hydroxylation sites is 1. The quantitative estimate of drug-likeness (QED) is 0.567. The van der Waals surface area contributed by atoms with Crippen molar-refractivity contribution in [2.75, 3.05) is 20.1 Å². The van der Waals surface area contributed by atoms with Gasteiger partial charge in [0.05, 0.1) is 11.1 Å². The lowest BCUT2D eigenvalue weighted by molar-refractivity contribution is -0.136. The second-order valence-corrected chi connectivity index (χ2v) is 7.49. The number of likely N-dealkylation sites (N-methyl/N-ethyl adjacent to an activating group) is 1. The summed E-state index contributed by atoms with van der Waals surface area (Å²) in [7, 11) is 2.00. The summed E-state index contributed by atoms with van der Waals surface area (Å²) >= 11 is 0. The van der Waals surface area contributed by atoms with Crippen LogP contribution in [0.5, 0.6) is 0 Å². The standard InChI is InChI=1S/C22H28F3N3/c1-7-17(26-14(2)3)13-28(6)12-15(4)19-11-16(5)27-21-18(19)9-8-10-20(21)22(23,24)25/h7-11,15H,12-13H2,1-6H3/b17-7-. The smallest absolute Gasteiger partial charge is 0.300 e. The number of nitrogens with zero attached hydrogens (tertiary/aromatic N) is 3. The number of aryl methyl sites for hydroxylation is 1. The monoisotopic (exact) mass is 391 g/mol. The molecular formula is C22H28F3N3. The number of pyridine rings is 1. The van der Waals surface area contributed by atoms with Crippen LogP contribution in [0.3, 0.4) is 0 Å². The van der Waals surface area contributed by atoms with Crippen molar-refractivity contribution >= 4 is 16.6 Å². The highest BCUT2D eigenvalue weighted by Crippen LogP contribution is 2.36. The number of aromatic nitrogens is 1. The Balaban J connectivity index is 2.36. The molecule has 0 saturated carbocycles. The molecule has 1 aromatic heterocycles.